The van der Waals surface area contributed by atoms with Gasteiger partial charge in [-0.15, -0.1) is 11.8 Å². The molecule has 1 aliphatic heterocycles. The number of unbranched alkanes of at least 4 members (excludes halogenated alkanes) is 1. The van der Waals surface area contributed by atoms with Crippen molar-refractivity contribution in [2.45, 2.75) is 81.9 Å². The van der Waals surface area contributed by atoms with Crippen molar-refractivity contribution in [3.8, 4) is 5.75 Å². The Hall–Kier alpha value is -1.77. The zero-order valence-electron chi connectivity index (χ0n) is 18.1. The number of carboxylic acids is 2. The van der Waals surface area contributed by atoms with E-state index >= 15 is 0 Å². The second-order valence-corrected chi connectivity index (χ2v) is 8.94. The molecule has 4 N–H and O–H groups in total. The van der Waals surface area contributed by atoms with Crippen molar-refractivity contribution in [1.29, 1.82) is 0 Å². The highest BCUT2D eigenvalue weighted by Crippen LogP contribution is 2.37. The lowest BCUT2D eigenvalue weighted by Crippen LogP contribution is -2.45. The minimum Gasteiger partial charge on any atom is -0.496 e. The lowest BCUT2D eigenvalue weighted by molar-refractivity contribution is -0.139. The van der Waals surface area contributed by atoms with E-state index < -0.39 is 18.0 Å². The highest BCUT2D eigenvalue weighted by atomic mass is 32.2. The van der Waals surface area contributed by atoms with E-state index in [0.717, 1.165) is 36.5 Å². The van der Waals surface area contributed by atoms with E-state index in [2.05, 4.69) is 30.5 Å². The molecule has 1 atom stereocenters. The van der Waals surface area contributed by atoms with Gasteiger partial charge in [0.15, 0.2) is 0 Å². The van der Waals surface area contributed by atoms with Crippen LogP contribution < -0.4 is 15.4 Å². The average molecular weight is 439 g/mol. The molecule has 168 valence electrons. The fourth-order valence-electron chi connectivity index (χ4n) is 3.77. The van der Waals surface area contributed by atoms with Crippen molar-refractivity contribution in [1.82, 2.24) is 10.6 Å². The Morgan fingerprint density at radius 2 is 1.97 bits per heavy atom. The molecular formula is C22H34N2O5S. The van der Waals surface area contributed by atoms with E-state index in [9.17, 15) is 9.59 Å². The number of ether oxygens (including phenoxy) is 1. The second-order valence-electron chi connectivity index (χ2n) is 7.92. The third kappa shape index (κ3) is 6.89. The smallest absolute Gasteiger partial charge is 0.304 e. The largest absolute Gasteiger partial charge is 0.496 e. The van der Waals surface area contributed by atoms with Gasteiger partial charge in [0.1, 0.15) is 5.75 Å². The molecule has 0 amide bonds. The molecule has 0 spiro atoms. The van der Waals surface area contributed by atoms with Gasteiger partial charge in [-0.3, -0.25) is 9.59 Å². The number of methoxy groups -OCH3 is 1. The molecular weight excluding hydrogens is 404 g/mol. The molecule has 1 aliphatic rings. The first-order valence-corrected chi connectivity index (χ1v) is 11.6. The van der Waals surface area contributed by atoms with Crippen LogP contribution in [0.4, 0.5) is 0 Å². The normalized spacial score (nSPS) is 18.7. The van der Waals surface area contributed by atoms with Crippen LogP contribution in [0.3, 0.4) is 0 Å². The zero-order chi connectivity index (χ0) is 22.1. The number of rotatable bonds is 12. The van der Waals surface area contributed by atoms with Crippen molar-refractivity contribution >= 4 is 23.7 Å². The van der Waals surface area contributed by atoms with Gasteiger partial charge in [-0.25, -0.2) is 0 Å². The molecule has 2 rings (SSSR count). The number of carbonyl (C=O) groups is 2. The van der Waals surface area contributed by atoms with Crippen LogP contribution in [0.2, 0.25) is 0 Å². The molecule has 0 aliphatic carbocycles. The number of carboxylic acid groups (broad SMARTS) is 2. The molecule has 0 radical (unpaired) electrons. The molecule has 0 saturated carbocycles. The summed E-state index contributed by atoms with van der Waals surface area (Å²) in [6.07, 6.45) is 4.12. The van der Waals surface area contributed by atoms with Crippen molar-refractivity contribution in [3.63, 3.8) is 0 Å². The first-order chi connectivity index (χ1) is 14.3. The van der Waals surface area contributed by atoms with E-state index in [0.29, 0.717) is 6.54 Å². The maximum Gasteiger partial charge on any atom is 0.304 e. The summed E-state index contributed by atoms with van der Waals surface area (Å²) < 4.78 is 5.58. The highest BCUT2D eigenvalue weighted by molar-refractivity contribution is 7.99. The predicted molar refractivity (Wildman–Crippen MR) is 118 cm³/mol. The Morgan fingerprint density at radius 3 is 2.53 bits per heavy atom. The van der Waals surface area contributed by atoms with E-state index in [1.165, 1.54) is 23.3 Å². The summed E-state index contributed by atoms with van der Waals surface area (Å²) in [4.78, 5) is 23.3. The van der Waals surface area contributed by atoms with E-state index in [4.69, 9.17) is 14.9 Å². The van der Waals surface area contributed by atoms with Gasteiger partial charge in [-0.2, -0.15) is 0 Å². The highest BCUT2D eigenvalue weighted by Gasteiger charge is 2.30. The third-order valence-electron chi connectivity index (χ3n) is 5.73. The monoisotopic (exact) mass is 438 g/mol. The number of aliphatic carboxylic acids is 2. The van der Waals surface area contributed by atoms with Crippen LogP contribution in [0.5, 0.6) is 5.75 Å². The molecule has 1 heterocycles. The fraction of sp³-hybridized carbons (Fsp3) is 0.636. The Balaban J connectivity index is 2.17. The Bertz CT molecular complexity index is 726. The van der Waals surface area contributed by atoms with Crippen LogP contribution in [0.25, 0.3) is 0 Å². The lowest BCUT2D eigenvalue weighted by Gasteiger charge is -2.32. The predicted octanol–water partition coefficient (Wildman–Crippen LogP) is 3.64. The number of benzene rings is 1. The molecule has 0 unspecified atom stereocenters. The molecule has 1 aromatic rings. The van der Waals surface area contributed by atoms with E-state index in [-0.39, 0.29) is 18.4 Å². The second kappa shape index (κ2) is 11.6. The topological polar surface area (TPSA) is 108 Å². The number of thioether (sulfide) groups is 1. The van der Waals surface area contributed by atoms with Crippen LogP contribution >= 0.6 is 11.8 Å². The lowest BCUT2D eigenvalue weighted by atomic mass is 9.91. The Labute approximate surface area is 183 Å². The molecule has 7 nitrogen and oxygen atoms in total. The number of nitrogens with one attached hydrogen (secondary N) is 2. The van der Waals surface area contributed by atoms with Gasteiger partial charge in [0.2, 0.25) is 0 Å². The third-order valence-corrected chi connectivity index (χ3v) is 7.12. The van der Waals surface area contributed by atoms with Crippen LogP contribution in [0.15, 0.2) is 17.0 Å². The quantitative estimate of drug-likeness (QED) is 0.392. The number of fused-ring (bicyclic) bond motifs is 1. The molecule has 30 heavy (non-hydrogen) atoms. The van der Waals surface area contributed by atoms with Gasteiger partial charge in [0, 0.05) is 40.9 Å². The fourth-order valence-corrected chi connectivity index (χ4v) is 5.19. The molecule has 0 saturated heterocycles. The summed E-state index contributed by atoms with van der Waals surface area (Å²) in [5.74, 6) is -0.318. The van der Waals surface area contributed by atoms with Crippen LogP contribution in [0, 0.1) is 0 Å². The zero-order valence-corrected chi connectivity index (χ0v) is 18.9. The molecule has 8 heteroatoms. The maximum absolute atomic E-state index is 11.1. The summed E-state index contributed by atoms with van der Waals surface area (Å²) in [5, 5.41) is 25.0. The Kier molecular flexibility index (Phi) is 9.45. The average Bonchev–Trinajstić information content (AvgIpc) is 2.88. The van der Waals surface area contributed by atoms with Crippen molar-refractivity contribution < 1.29 is 24.5 Å². The van der Waals surface area contributed by atoms with Crippen LogP contribution in [-0.2, 0) is 22.7 Å². The van der Waals surface area contributed by atoms with Crippen molar-refractivity contribution in [3.05, 3.63) is 23.3 Å². The standard InChI is InChI=1S/C22H34N2O5S/c1-4-6-7-22(5-2)14-30-19-9-15(18(29-3)8-16(19)13-24-22)12-23-17(10-20(25)26)11-21(27)28/h8-9,17,23-24H,4-7,10-14H2,1-3H3,(H,25,26)(H,27,28)/t22-/m1/s1. The number of hydrogen-bond donors (Lipinski definition) is 4. The molecule has 1 aromatic carbocycles. The summed E-state index contributed by atoms with van der Waals surface area (Å²) in [6.45, 7) is 5.59. The maximum atomic E-state index is 11.1. The minimum absolute atomic E-state index is 0.124. The van der Waals surface area contributed by atoms with Gasteiger partial charge in [-0.05, 0) is 30.5 Å². The molecule has 0 fully saturated rings. The first kappa shape index (κ1) is 24.5. The number of hydrogen-bond acceptors (Lipinski definition) is 6. The Morgan fingerprint density at radius 1 is 1.27 bits per heavy atom. The minimum atomic E-state index is -1.02. The SMILES string of the molecule is CCCC[C@]1(CC)CSc2cc(CNC(CC(=O)O)CC(=O)O)c(OC)cc2CN1. The summed E-state index contributed by atoms with van der Waals surface area (Å²) in [7, 11) is 1.62. The molecule has 0 aromatic heterocycles. The van der Waals surface area contributed by atoms with E-state index in [1.54, 1.807) is 7.11 Å². The summed E-state index contributed by atoms with van der Waals surface area (Å²) >= 11 is 1.85. The van der Waals surface area contributed by atoms with Crippen LogP contribution in [-0.4, -0.2) is 46.6 Å². The summed E-state index contributed by atoms with van der Waals surface area (Å²) in [5.41, 5.74) is 2.22. The first-order valence-electron chi connectivity index (χ1n) is 10.6. The summed E-state index contributed by atoms with van der Waals surface area (Å²) in [6, 6.07) is 3.50. The van der Waals surface area contributed by atoms with Gasteiger partial charge >= 0.3 is 11.9 Å². The van der Waals surface area contributed by atoms with E-state index in [1.807, 2.05) is 17.8 Å². The van der Waals surface area contributed by atoms with Gasteiger partial charge in [0.25, 0.3) is 0 Å². The molecule has 0 bridgehead atoms. The van der Waals surface area contributed by atoms with Crippen molar-refractivity contribution in [2.75, 3.05) is 12.9 Å². The van der Waals surface area contributed by atoms with Crippen molar-refractivity contribution in [2.24, 2.45) is 0 Å². The van der Waals surface area contributed by atoms with Gasteiger partial charge < -0.3 is 25.6 Å². The van der Waals surface area contributed by atoms with Gasteiger partial charge in [0.05, 0.1) is 20.0 Å². The van der Waals surface area contributed by atoms with Crippen LogP contribution in [0.1, 0.15) is 63.5 Å². The van der Waals surface area contributed by atoms with Gasteiger partial charge in [-0.1, -0.05) is 26.7 Å².